The number of aliphatic hydroxyl groups is 1. The molecule has 2 aliphatic rings. The van der Waals surface area contributed by atoms with Crippen molar-refractivity contribution in [3.05, 3.63) is 29.3 Å². The molecule has 0 bridgehead atoms. The van der Waals surface area contributed by atoms with Crippen molar-refractivity contribution < 1.29 is 14.7 Å². The summed E-state index contributed by atoms with van der Waals surface area (Å²) in [6.45, 7) is 3.59. The number of carbonyl (C=O) groups excluding carboxylic acids is 2. The lowest BCUT2D eigenvalue weighted by atomic mass is 9.92. The Balaban J connectivity index is 1.91. The highest BCUT2D eigenvalue weighted by atomic mass is 16.3. The normalized spacial score (nSPS) is 20.3. The van der Waals surface area contributed by atoms with Crippen LogP contribution in [0.3, 0.4) is 0 Å². The van der Waals surface area contributed by atoms with E-state index in [4.69, 9.17) is 5.73 Å². The van der Waals surface area contributed by atoms with Gasteiger partial charge in [-0.15, -0.1) is 0 Å². The second-order valence-corrected chi connectivity index (χ2v) is 6.30. The SMILES string of the molecule is NC(=O)c1c(C[C@@H]([C@@H](O)C=O)N2CCC2)cccc1N1CCC1. The Morgan fingerprint density at radius 1 is 1.26 bits per heavy atom. The fourth-order valence-corrected chi connectivity index (χ4v) is 3.32. The number of anilines is 1. The first-order chi connectivity index (χ1) is 11.1. The number of likely N-dealkylation sites (tertiary alicyclic amines) is 1. The van der Waals surface area contributed by atoms with Gasteiger partial charge in [-0.25, -0.2) is 0 Å². The summed E-state index contributed by atoms with van der Waals surface area (Å²) in [7, 11) is 0. The second kappa shape index (κ2) is 6.68. The number of primary amides is 1. The van der Waals surface area contributed by atoms with E-state index in [0.717, 1.165) is 50.3 Å². The molecule has 23 heavy (non-hydrogen) atoms. The Morgan fingerprint density at radius 2 is 1.96 bits per heavy atom. The van der Waals surface area contributed by atoms with Crippen molar-refractivity contribution >= 4 is 17.9 Å². The van der Waals surface area contributed by atoms with E-state index in [1.807, 2.05) is 18.2 Å². The molecule has 2 saturated heterocycles. The second-order valence-electron chi connectivity index (χ2n) is 6.30. The fraction of sp³-hybridized carbons (Fsp3) is 0.529. The monoisotopic (exact) mass is 317 g/mol. The largest absolute Gasteiger partial charge is 0.384 e. The Labute approximate surface area is 135 Å². The Bertz CT molecular complexity index is 597. The van der Waals surface area contributed by atoms with Gasteiger partial charge in [0, 0.05) is 24.8 Å². The average Bonchev–Trinajstić information content (AvgIpc) is 2.42. The van der Waals surface area contributed by atoms with Gasteiger partial charge in [0.15, 0.2) is 0 Å². The summed E-state index contributed by atoms with van der Waals surface area (Å²) in [4.78, 5) is 27.3. The molecule has 2 heterocycles. The molecular formula is C17H23N3O3. The molecule has 0 aromatic heterocycles. The summed E-state index contributed by atoms with van der Waals surface area (Å²) in [6, 6.07) is 5.40. The molecule has 2 fully saturated rings. The van der Waals surface area contributed by atoms with Gasteiger partial charge in [0.05, 0.1) is 5.56 Å². The van der Waals surface area contributed by atoms with E-state index in [2.05, 4.69) is 9.80 Å². The molecule has 2 aliphatic heterocycles. The number of hydrogen-bond donors (Lipinski definition) is 2. The summed E-state index contributed by atoms with van der Waals surface area (Å²) < 4.78 is 0. The topological polar surface area (TPSA) is 86.9 Å². The van der Waals surface area contributed by atoms with Crippen LogP contribution in [-0.2, 0) is 11.2 Å². The molecule has 1 amide bonds. The van der Waals surface area contributed by atoms with E-state index in [-0.39, 0.29) is 6.04 Å². The maximum atomic E-state index is 12.0. The molecular weight excluding hydrogens is 294 g/mol. The van der Waals surface area contributed by atoms with Crippen LogP contribution in [0.15, 0.2) is 18.2 Å². The van der Waals surface area contributed by atoms with Crippen molar-refractivity contribution in [3.63, 3.8) is 0 Å². The van der Waals surface area contributed by atoms with E-state index < -0.39 is 12.0 Å². The Morgan fingerprint density at radius 3 is 2.43 bits per heavy atom. The van der Waals surface area contributed by atoms with Crippen molar-refractivity contribution in [2.75, 3.05) is 31.1 Å². The van der Waals surface area contributed by atoms with Crippen LogP contribution in [0, 0.1) is 0 Å². The number of rotatable bonds is 7. The molecule has 2 atom stereocenters. The van der Waals surface area contributed by atoms with Crippen LogP contribution < -0.4 is 10.6 Å². The van der Waals surface area contributed by atoms with E-state index in [9.17, 15) is 14.7 Å². The van der Waals surface area contributed by atoms with Gasteiger partial charge in [-0.1, -0.05) is 12.1 Å². The smallest absolute Gasteiger partial charge is 0.251 e. The standard InChI is InChI=1S/C17H23N3O3/c18-17(23)16-12(4-1-5-13(16)19-6-2-7-19)10-14(15(22)11-21)20-8-3-9-20/h1,4-5,11,14-15,22H,2-3,6-10H2,(H2,18,23)/t14-,15-/m0/s1. The first-order valence-corrected chi connectivity index (χ1v) is 8.16. The first-order valence-electron chi connectivity index (χ1n) is 8.16. The zero-order valence-corrected chi connectivity index (χ0v) is 13.1. The fourth-order valence-electron chi connectivity index (χ4n) is 3.32. The first kappa shape index (κ1) is 16.0. The number of carbonyl (C=O) groups is 2. The van der Waals surface area contributed by atoms with Crippen molar-refractivity contribution in [1.82, 2.24) is 4.90 Å². The molecule has 0 saturated carbocycles. The van der Waals surface area contributed by atoms with Crippen LogP contribution in [-0.4, -0.2) is 60.5 Å². The Kier molecular flexibility index (Phi) is 4.63. The summed E-state index contributed by atoms with van der Waals surface area (Å²) in [5.41, 5.74) is 7.82. The molecule has 3 N–H and O–H groups in total. The zero-order valence-electron chi connectivity index (χ0n) is 13.1. The third-order valence-electron chi connectivity index (χ3n) is 4.89. The number of nitrogens with zero attached hydrogens (tertiary/aromatic N) is 2. The molecule has 3 rings (SSSR count). The number of aldehydes is 1. The van der Waals surface area contributed by atoms with Gasteiger partial charge in [-0.3, -0.25) is 9.69 Å². The molecule has 124 valence electrons. The molecule has 0 aliphatic carbocycles. The third-order valence-corrected chi connectivity index (χ3v) is 4.89. The highest BCUT2D eigenvalue weighted by molar-refractivity contribution is 6.00. The van der Waals surface area contributed by atoms with E-state index in [1.54, 1.807) is 0 Å². The number of aliphatic hydroxyl groups excluding tert-OH is 1. The minimum absolute atomic E-state index is 0.300. The highest BCUT2D eigenvalue weighted by Gasteiger charge is 2.32. The maximum Gasteiger partial charge on any atom is 0.251 e. The van der Waals surface area contributed by atoms with Gasteiger partial charge in [0.2, 0.25) is 0 Å². The molecule has 1 aromatic carbocycles. The van der Waals surface area contributed by atoms with Crippen molar-refractivity contribution in [2.45, 2.75) is 31.4 Å². The molecule has 0 radical (unpaired) electrons. The molecule has 1 aromatic rings. The van der Waals surface area contributed by atoms with Crippen molar-refractivity contribution in [1.29, 1.82) is 0 Å². The minimum atomic E-state index is -1.05. The van der Waals surface area contributed by atoms with Crippen LogP contribution >= 0.6 is 0 Å². The molecule has 0 spiro atoms. The lowest BCUT2D eigenvalue weighted by Crippen LogP contribution is -2.52. The lowest BCUT2D eigenvalue weighted by molar-refractivity contribution is -0.119. The van der Waals surface area contributed by atoms with Gasteiger partial charge >= 0.3 is 0 Å². The van der Waals surface area contributed by atoms with Crippen LogP contribution in [0.5, 0.6) is 0 Å². The van der Waals surface area contributed by atoms with Crippen molar-refractivity contribution in [3.8, 4) is 0 Å². The van der Waals surface area contributed by atoms with E-state index in [1.165, 1.54) is 0 Å². The summed E-state index contributed by atoms with van der Waals surface area (Å²) in [5, 5.41) is 10.0. The van der Waals surface area contributed by atoms with Crippen molar-refractivity contribution in [2.24, 2.45) is 5.73 Å². The van der Waals surface area contributed by atoms with Gasteiger partial charge < -0.3 is 20.5 Å². The van der Waals surface area contributed by atoms with Gasteiger partial charge in [-0.2, -0.15) is 0 Å². The number of nitrogens with two attached hydrogens (primary N) is 1. The van der Waals surface area contributed by atoms with E-state index >= 15 is 0 Å². The lowest BCUT2D eigenvalue weighted by Gasteiger charge is -2.40. The number of benzene rings is 1. The van der Waals surface area contributed by atoms with Gasteiger partial charge in [-0.05, 0) is 44.0 Å². The van der Waals surface area contributed by atoms with Gasteiger partial charge in [0.1, 0.15) is 12.4 Å². The predicted molar refractivity (Wildman–Crippen MR) is 87.5 cm³/mol. The van der Waals surface area contributed by atoms with Crippen LogP contribution in [0.1, 0.15) is 28.8 Å². The summed E-state index contributed by atoms with van der Waals surface area (Å²) in [5.74, 6) is -0.453. The summed E-state index contributed by atoms with van der Waals surface area (Å²) >= 11 is 0. The zero-order chi connectivity index (χ0) is 16.4. The molecule has 6 heteroatoms. The van der Waals surface area contributed by atoms with Crippen LogP contribution in [0.25, 0.3) is 0 Å². The third kappa shape index (κ3) is 3.09. The Hall–Kier alpha value is -1.92. The number of amides is 1. The predicted octanol–water partition coefficient (Wildman–Crippen LogP) is 0.172. The summed E-state index contributed by atoms with van der Waals surface area (Å²) in [6.07, 6.45) is 2.15. The maximum absolute atomic E-state index is 12.0. The number of hydrogen-bond acceptors (Lipinski definition) is 5. The van der Waals surface area contributed by atoms with Crippen LogP contribution in [0.2, 0.25) is 0 Å². The minimum Gasteiger partial charge on any atom is -0.384 e. The van der Waals surface area contributed by atoms with E-state index in [0.29, 0.717) is 18.3 Å². The highest BCUT2D eigenvalue weighted by Crippen LogP contribution is 2.29. The molecule has 6 nitrogen and oxygen atoms in total. The molecule has 0 unspecified atom stereocenters. The average molecular weight is 317 g/mol. The van der Waals surface area contributed by atoms with Gasteiger partial charge in [0.25, 0.3) is 5.91 Å². The van der Waals surface area contributed by atoms with Crippen LogP contribution in [0.4, 0.5) is 5.69 Å². The quantitative estimate of drug-likeness (QED) is 0.700.